The number of benzene rings is 1. The van der Waals surface area contributed by atoms with Gasteiger partial charge in [-0.3, -0.25) is 0 Å². The summed E-state index contributed by atoms with van der Waals surface area (Å²) in [5, 5.41) is 10.9. The largest absolute Gasteiger partial charge is 0.545 e. The van der Waals surface area contributed by atoms with Crippen LogP contribution < -0.4 is 9.67 Å². The molecule has 2 aromatic rings. The first-order chi connectivity index (χ1) is 12.2. The molecule has 4 nitrogen and oxygen atoms in total. The van der Waals surface area contributed by atoms with Gasteiger partial charge in [-0.2, -0.15) is 0 Å². The van der Waals surface area contributed by atoms with E-state index < -0.39 is 5.97 Å². The van der Waals surface area contributed by atoms with Crippen LogP contribution in [0.2, 0.25) is 0 Å². The smallest absolute Gasteiger partial charge is 0.256 e. The SMILES string of the molecule is CCCCCCCCc1n(CC)cc[n+]1Cc1ccc(C(=O)[O-])cc1. The van der Waals surface area contributed by atoms with Crippen LogP contribution in [0.15, 0.2) is 36.7 Å². The summed E-state index contributed by atoms with van der Waals surface area (Å²) in [4.78, 5) is 10.9. The average Bonchev–Trinajstić information content (AvgIpc) is 3.00. The van der Waals surface area contributed by atoms with Gasteiger partial charge in [-0.05, 0) is 24.5 Å². The highest BCUT2D eigenvalue weighted by Crippen LogP contribution is 2.10. The Balaban J connectivity index is 1.98. The second kappa shape index (κ2) is 10.0. The fraction of sp³-hybridized carbons (Fsp3) is 0.524. The maximum Gasteiger partial charge on any atom is 0.256 e. The lowest BCUT2D eigenvalue weighted by molar-refractivity contribution is -0.695. The van der Waals surface area contributed by atoms with Crippen LogP contribution in [-0.2, 0) is 19.5 Å². The number of aromatic nitrogens is 2. The summed E-state index contributed by atoms with van der Waals surface area (Å²) >= 11 is 0. The zero-order valence-electron chi connectivity index (χ0n) is 15.5. The lowest BCUT2D eigenvalue weighted by Gasteiger charge is -2.06. The topological polar surface area (TPSA) is 48.9 Å². The van der Waals surface area contributed by atoms with Crippen molar-refractivity contribution in [2.45, 2.75) is 71.9 Å². The zero-order chi connectivity index (χ0) is 18.1. The molecule has 0 saturated heterocycles. The molecule has 1 aromatic carbocycles. The Hall–Kier alpha value is -2.10. The van der Waals surface area contributed by atoms with Crippen molar-refractivity contribution >= 4 is 5.97 Å². The maximum absolute atomic E-state index is 10.9. The number of carboxylic acids is 1. The minimum absolute atomic E-state index is 0.229. The molecule has 25 heavy (non-hydrogen) atoms. The quantitative estimate of drug-likeness (QED) is 0.465. The molecule has 1 heterocycles. The molecular weight excluding hydrogens is 312 g/mol. The fourth-order valence-electron chi connectivity index (χ4n) is 3.22. The van der Waals surface area contributed by atoms with Gasteiger partial charge in [0.1, 0.15) is 18.9 Å². The van der Waals surface area contributed by atoms with E-state index in [1.54, 1.807) is 12.1 Å². The molecule has 0 spiro atoms. The summed E-state index contributed by atoms with van der Waals surface area (Å²) in [5.74, 6) is 0.224. The molecule has 0 saturated carbocycles. The summed E-state index contributed by atoms with van der Waals surface area (Å²) in [7, 11) is 0. The van der Waals surface area contributed by atoms with Gasteiger partial charge in [-0.1, -0.05) is 63.3 Å². The van der Waals surface area contributed by atoms with Crippen molar-refractivity contribution in [3.8, 4) is 0 Å². The van der Waals surface area contributed by atoms with E-state index in [0.717, 1.165) is 25.1 Å². The first-order valence-electron chi connectivity index (χ1n) is 9.53. The Kier molecular flexibility index (Phi) is 7.71. The first kappa shape index (κ1) is 19.2. The number of imidazole rings is 1. The Morgan fingerprint density at radius 1 is 1.04 bits per heavy atom. The van der Waals surface area contributed by atoms with E-state index in [1.807, 2.05) is 12.1 Å². The molecule has 2 rings (SSSR count). The molecule has 136 valence electrons. The number of rotatable bonds is 11. The Morgan fingerprint density at radius 3 is 2.36 bits per heavy atom. The second-order valence-corrected chi connectivity index (χ2v) is 6.63. The van der Waals surface area contributed by atoms with E-state index in [0.29, 0.717) is 0 Å². The summed E-state index contributed by atoms with van der Waals surface area (Å²) in [6.45, 7) is 6.16. The molecule has 0 aliphatic carbocycles. The van der Waals surface area contributed by atoms with Crippen molar-refractivity contribution in [2.24, 2.45) is 0 Å². The summed E-state index contributed by atoms with van der Waals surface area (Å²) in [6.07, 6.45) is 13.2. The van der Waals surface area contributed by atoms with E-state index in [9.17, 15) is 9.90 Å². The van der Waals surface area contributed by atoms with E-state index in [1.165, 1.54) is 44.3 Å². The molecule has 0 N–H and O–H groups in total. The van der Waals surface area contributed by atoms with Gasteiger partial charge in [0.15, 0.2) is 0 Å². The van der Waals surface area contributed by atoms with E-state index in [2.05, 4.69) is 35.4 Å². The van der Waals surface area contributed by atoms with Crippen molar-refractivity contribution in [1.82, 2.24) is 4.57 Å². The van der Waals surface area contributed by atoms with Crippen LogP contribution in [0.25, 0.3) is 0 Å². The number of carbonyl (C=O) groups excluding carboxylic acids is 1. The van der Waals surface area contributed by atoms with E-state index in [4.69, 9.17) is 0 Å². The summed E-state index contributed by atoms with van der Waals surface area (Å²) in [6, 6.07) is 6.98. The second-order valence-electron chi connectivity index (χ2n) is 6.63. The number of nitrogens with zero attached hydrogens (tertiary/aromatic N) is 2. The van der Waals surface area contributed by atoms with Crippen molar-refractivity contribution in [3.63, 3.8) is 0 Å². The third kappa shape index (κ3) is 5.73. The molecule has 1 aromatic heterocycles. The maximum atomic E-state index is 10.9. The highest BCUT2D eigenvalue weighted by Gasteiger charge is 2.16. The minimum atomic E-state index is -1.12. The van der Waals surface area contributed by atoms with E-state index >= 15 is 0 Å². The van der Waals surface area contributed by atoms with Crippen LogP contribution in [-0.4, -0.2) is 10.5 Å². The average molecular weight is 342 g/mol. The fourth-order valence-corrected chi connectivity index (χ4v) is 3.22. The lowest BCUT2D eigenvalue weighted by atomic mass is 10.1. The van der Waals surface area contributed by atoms with Gasteiger partial charge >= 0.3 is 0 Å². The van der Waals surface area contributed by atoms with Gasteiger partial charge in [0, 0.05) is 6.42 Å². The van der Waals surface area contributed by atoms with Gasteiger partial charge in [-0.15, -0.1) is 0 Å². The number of unbranched alkanes of at least 4 members (excludes halogenated alkanes) is 5. The van der Waals surface area contributed by atoms with E-state index in [-0.39, 0.29) is 5.56 Å². The Morgan fingerprint density at radius 2 is 1.72 bits per heavy atom. The van der Waals surface area contributed by atoms with Crippen LogP contribution in [0.4, 0.5) is 0 Å². The molecule has 0 atom stereocenters. The number of carbonyl (C=O) groups is 1. The third-order valence-corrected chi connectivity index (χ3v) is 4.73. The highest BCUT2D eigenvalue weighted by molar-refractivity contribution is 5.85. The van der Waals surface area contributed by atoms with Crippen LogP contribution in [0.3, 0.4) is 0 Å². The molecule has 0 fully saturated rings. The molecular formula is C21H30N2O2. The Labute approximate surface area is 151 Å². The van der Waals surface area contributed by atoms with Crippen molar-refractivity contribution in [2.75, 3.05) is 0 Å². The molecule has 0 bridgehead atoms. The molecule has 0 amide bonds. The van der Waals surface area contributed by atoms with Gasteiger partial charge in [0.05, 0.1) is 12.5 Å². The van der Waals surface area contributed by atoms with Gasteiger partial charge in [0.25, 0.3) is 5.82 Å². The minimum Gasteiger partial charge on any atom is -0.545 e. The predicted molar refractivity (Wildman–Crippen MR) is 97.3 cm³/mol. The third-order valence-electron chi connectivity index (χ3n) is 4.73. The normalized spacial score (nSPS) is 11.0. The van der Waals surface area contributed by atoms with Crippen LogP contribution in [0.1, 0.15) is 74.1 Å². The Bertz CT molecular complexity index is 659. The lowest BCUT2D eigenvalue weighted by Crippen LogP contribution is -2.37. The van der Waals surface area contributed by atoms with Crippen molar-refractivity contribution in [3.05, 3.63) is 53.6 Å². The summed E-state index contributed by atoms with van der Waals surface area (Å²) in [5.41, 5.74) is 1.33. The number of aryl methyl sites for hydroxylation is 1. The van der Waals surface area contributed by atoms with Crippen LogP contribution >= 0.6 is 0 Å². The van der Waals surface area contributed by atoms with Crippen LogP contribution in [0.5, 0.6) is 0 Å². The van der Waals surface area contributed by atoms with Gasteiger partial charge in [0.2, 0.25) is 0 Å². The van der Waals surface area contributed by atoms with Crippen molar-refractivity contribution in [1.29, 1.82) is 0 Å². The van der Waals surface area contributed by atoms with Crippen molar-refractivity contribution < 1.29 is 14.5 Å². The highest BCUT2D eigenvalue weighted by atomic mass is 16.4. The molecule has 4 heteroatoms. The summed E-state index contributed by atoms with van der Waals surface area (Å²) < 4.78 is 4.59. The molecule has 0 radical (unpaired) electrons. The van der Waals surface area contributed by atoms with Crippen LogP contribution in [0, 0.1) is 0 Å². The number of aromatic carboxylic acids is 1. The molecule has 0 unspecified atom stereocenters. The molecule has 0 aliphatic rings. The first-order valence-corrected chi connectivity index (χ1v) is 9.53. The standard InChI is InChI=1S/C21H30N2O2/c1-3-5-6-7-8-9-10-20-22(4-2)15-16-23(20)17-18-11-13-19(14-12-18)21(24)25/h11-16H,3-10,17H2,1-2H3. The van der Waals surface area contributed by atoms with Gasteiger partial charge in [-0.25, -0.2) is 9.13 Å². The number of hydrogen-bond acceptors (Lipinski definition) is 2. The monoisotopic (exact) mass is 342 g/mol. The van der Waals surface area contributed by atoms with Gasteiger partial charge < -0.3 is 9.90 Å². The number of hydrogen-bond donors (Lipinski definition) is 0. The molecule has 0 aliphatic heterocycles. The zero-order valence-corrected chi connectivity index (χ0v) is 15.5. The number of carboxylic acid groups (broad SMARTS) is 1. The predicted octanol–water partition coefficient (Wildman–Crippen LogP) is 3.11.